The highest BCUT2D eigenvalue weighted by molar-refractivity contribution is 9.10. The van der Waals surface area contributed by atoms with E-state index >= 15 is 0 Å². The molecule has 6 heteroatoms. The second-order valence-electron chi connectivity index (χ2n) is 4.21. The Morgan fingerprint density at radius 2 is 2.14 bits per heavy atom. The number of carbonyl (C=O) groups is 1. The molecule has 110 valence electrons. The minimum absolute atomic E-state index is 0.139. The lowest BCUT2D eigenvalue weighted by molar-refractivity contribution is 0.0696. The lowest BCUT2D eigenvalue weighted by Crippen LogP contribution is -2.00. The van der Waals surface area contributed by atoms with Gasteiger partial charge in [0.05, 0.1) is 16.6 Å². The Balaban J connectivity index is 2.29. The molecule has 0 atom stereocenters. The molecule has 0 bridgehead atoms. The summed E-state index contributed by atoms with van der Waals surface area (Å²) >= 11 is 3.33. The lowest BCUT2D eigenvalue weighted by Gasteiger charge is -2.12. The van der Waals surface area contributed by atoms with Crippen LogP contribution in [0.5, 0.6) is 17.4 Å². The van der Waals surface area contributed by atoms with Crippen LogP contribution in [0.3, 0.4) is 0 Å². The van der Waals surface area contributed by atoms with E-state index in [1.54, 1.807) is 24.4 Å². The number of carboxylic acid groups (broad SMARTS) is 1. The van der Waals surface area contributed by atoms with Crippen molar-refractivity contribution in [2.75, 3.05) is 6.61 Å². The van der Waals surface area contributed by atoms with E-state index in [1.807, 2.05) is 6.92 Å². The highest BCUT2D eigenvalue weighted by Crippen LogP contribution is 2.34. The van der Waals surface area contributed by atoms with Crippen molar-refractivity contribution in [2.24, 2.45) is 0 Å². The summed E-state index contributed by atoms with van der Waals surface area (Å²) in [6.07, 6.45) is 2.45. The Labute approximate surface area is 130 Å². The zero-order chi connectivity index (χ0) is 15.2. The molecule has 0 aliphatic carbocycles. The SMILES string of the molecule is CCCOc1cccnc1Oc1cc(C(=O)O)ccc1Br. The molecule has 2 rings (SSSR count). The van der Waals surface area contributed by atoms with Crippen LogP contribution in [0.15, 0.2) is 41.0 Å². The zero-order valence-electron chi connectivity index (χ0n) is 11.4. The fourth-order valence-corrected chi connectivity index (χ4v) is 1.92. The number of hydrogen-bond acceptors (Lipinski definition) is 4. The highest BCUT2D eigenvalue weighted by atomic mass is 79.9. The van der Waals surface area contributed by atoms with Gasteiger partial charge in [-0.1, -0.05) is 6.92 Å². The largest absolute Gasteiger partial charge is 0.488 e. The Kier molecular flexibility index (Phi) is 5.16. The van der Waals surface area contributed by atoms with Crippen LogP contribution in [0.1, 0.15) is 23.7 Å². The molecule has 0 saturated heterocycles. The molecule has 5 nitrogen and oxygen atoms in total. The van der Waals surface area contributed by atoms with Gasteiger partial charge in [-0.2, -0.15) is 0 Å². The number of ether oxygens (including phenoxy) is 2. The average molecular weight is 352 g/mol. The van der Waals surface area contributed by atoms with E-state index in [0.717, 1.165) is 6.42 Å². The van der Waals surface area contributed by atoms with Crippen molar-refractivity contribution in [3.63, 3.8) is 0 Å². The number of aromatic carboxylic acids is 1. The van der Waals surface area contributed by atoms with Gasteiger partial charge in [-0.3, -0.25) is 0 Å². The first-order valence-corrected chi connectivity index (χ1v) is 7.19. The van der Waals surface area contributed by atoms with E-state index in [2.05, 4.69) is 20.9 Å². The van der Waals surface area contributed by atoms with E-state index in [-0.39, 0.29) is 5.56 Å². The van der Waals surface area contributed by atoms with E-state index in [9.17, 15) is 4.79 Å². The molecular formula is C15H14BrNO4. The van der Waals surface area contributed by atoms with Crippen molar-refractivity contribution in [2.45, 2.75) is 13.3 Å². The maximum atomic E-state index is 11.0. The second-order valence-corrected chi connectivity index (χ2v) is 5.06. The average Bonchev–Trinajstić information content (AvgIpc) is 2.48. The van der Waals surface area contributed by atoms with Crippen molar-refractivity contribution in [3.05, 3.63) is 46.6 Å². The summed E-state index contributed by atoms with van der Waals surface area (Å²) in [4.78, 5) is 15.1. The van der Waals surface area contributed by atoms with Gasteiger partial charge in [0.1, 0.15) is 5.75 Å². The first-order valence-electron chi connectivity index (χ1n) is 6.40. The lowest BCUT2D eigenvalue weighted by atomic mass is 10.2. The first-order chi connectivity index (χ1) is 10.1. The number of carboxylic acids is 1. The topological polar surface area (TPSA) is 68.7 Å². The number of aromatic nitrogens is 1. The summed E-state index contributed by atoms with van der Waals surface area (Å²) in [5, 5.41) is 9.03. The molecule has 1 N–H and O–H groups in total. The summed E-state index contributed by atoms with van der Waals surface area (Å²) in [5.41, 5.74) is 0.139. The molecule has 1 aromatic carbocycles. The van der Waals surface area contributed by atoms with Crippen LogP contribution in [-0.2, 0) is 0 Å². The van der Waals surface area contributed by atoms with Gasteiger partial charge in [0.25, 0.3) is 5.88 Å². The predicted molar refractivity (Wildman–Crippen MR) is 81.2 cm³/mol. The molecule has 0 aliphatic heterocycles. The van der Waals surface area contributed by atoms with E-state index in [1.165, 1.54) is 12.1 Å². The Hall–Kier alpha value is -2.08. The highest BCUT2D eigenvalue weighted by Gasteiger charge is 2.12. The maximum Gasteiger partial charge on any atom is 0.335 e. The number of halogens is 1. The van der Waals surface area contributed by atoms with Gasteiger partial charge in [-0.25, -0.2) is 9.78 Å². The summed E-state index contributed by atoms with van der Waals surface area (Å²) in [6.45, 7) is 2.56. The van der Waals surface area contributed by atoms with Crippen molar-refractivity contribution < 1.29 is 19.4 Å². The number of nitrogens with zero attached hydrogens (tertiary/aromatic N) is 1. The molecule has 1 heterocycles. The minimum atomic E-state index is -1.02. The monoisotopic (exact) mass is 351 g/mol. The Morgan fingerprint density at radius 1 is 1.33 bits per heavy atom. The first kappa shape index (κ1) is 15.3. The predicted octanol–water partition coefficient (Wildman–Crippen LogP) is 4.12. The molecule has 0 saturated carbocycles. The molecule has 0 spiro atoms. The fourth-order valence-electron chi connectivity index (χ4n) is 1.59. The molecule has 0 fully saturated rings. The van der Waals surface area contributed by atoms with Gasteiger partial charge in [-0.15, -0.1) is 0 Å². The van der Waals surface area contributed by atoms with Crippen LogP contribution in [0.25, 0.3) is 0 Å². The molecule has 21 heavy (non-hydrogen) atoms. The summed E-state index contributed by atoms with van der Waals surface area (Å²) in [7, 11) is 0. The quantitative estimate of drug-likeness (QED) is 0.847. The van der Waals surface area contributed by atoms with Crippen LogP contribution in [0.2, 0.25) is 0 Å². The van der Waals surface area contributed by atoms with Gasteiger partial charge in [0.15, 0.2) is 5.75 Å². The van der Waals surface area contributed by atoms with E-state index in [0.29, 0.717) is 28.5 Å². The second kappa shape index (κ2) is 7.08. The minimum Gasteiger partial charge on any atom is -0.488 e. The number of benzene rings is 1. The molecule has 0 unspecified atom stereocenters. The molecule has 0 radical (unpaired) electrons. The van der Waals surface area contributed by atoms with Gasteiger partial charge in [0, 0.05) is 6.20 Å². The normalized spacial score (nSPS) is 10.2. The molecular weight excluding hydrogens is 338 g/mol. The van der Waals surface area contributed by atoms with Gasteiger partial charge in [0.2, 0.25) is 0 Å². The van der Waals surface area contributed by atoms with E-state index < -0.39 is 5.97 Å². The molecule has 2 aromatic rings. The summed E-state index contributed by atoms with van der Waals surface area (Å²) in [5.74, 6) is 0.173. The number of rotatable bonds is 6. The third kappa shape index (κ3) is 3.95. The Morgan fingerprint density at radius 3 is 2.86 bits per heavy atom. The summed E-state index contributed by atoms with van der Waals surface area (Å²) < 4.78 is 11.9. The Bertz CT molecular complexity index is 645. The van der Waals surface area contributed by atoms with Crippen LogP contribution >= 0.6 is 15.9 Å². The third-order valence-corrected chi connectivity index (χ3v) is 3.24. The van der Waals surface area contributed by atoms with Crippen molar-refractivity contribution in [1.29, 1.82) is 0 Å². The van der Waals surface area contributed by atoms with Gasteiger partial charge >= 0.3 is 5.97 Å². The van der Waals surface area contributed by atoms with Crippen LogP contribution in [0, 0.1) is 0 Å². The fraction of sp³-hybridized carbons (Fsp3) is 0.200. The van der Waals surface area contributed by atoms with Crippen LogP contribution in [0.4, 0.5) is 0 Å². The van der Waals surface area contributed by atoms with Crippen molar-refractivity contribution in [3.8, 4) is 17.4 Å². The molecule has 0 amide bonds. The maximum absolute atomic E-state index is 11.0. The zero-order valence-corrected chi connectivity index (χ0v) is 13.0. The third-order valence-electron chi connectivity index (χ3n) is 2.58. The molecule has 1 aromatic heterocycles. The van der Waals surface area contributed by atoms with Crippen LogP contribution in [-0.4, -0.2) is 22.7 Å². The van der Waals surface area contributed by atoms with Gasteiger partial charge in [-0.05, 0) is 52.7 Å². The smallest absolute Gasteiger partial charge is 0.335 e. The van der Waals surface area contributed by atoms with Gasteiger partial charge < -0.3 is 14.6 Å². The molecule has 0 aliphatic rings. The van der Waals surface area contributed by atoms with Crippen molar-refractivity contribution >= 4 is 21.9 Å². The van der Waals surface area contributed by atoms with Crippen LogP contribution < -0.4 is 9.47 Å². The number of hydrogen-bond donors (Lipinski definition) is 1. The standard InChI is InChI=1S/C15H14BrNO4/c1-2-8-20-12-4-3-7-17-14(12)21-13-9-10(15(18)19)5-6-11(13)16/h3-7,9H,2,8H2,1H3,(H,18,19). The number of pyridine rings is 1. The van der Waals surface area contributed by atoms with Crippen molar-refractivity contribution in [1.82, 2.24) is 4.98 Å². The van der Waals surface area contributed by atoms with E-state index in [4.69, 9.17) is 14.6 Å². The summed E-state index contributed by atoms with van der Waals surface area (Å²) in [6, 6.07) is 8.05.